The molecule has 0 fully saturated rings. The summed E-state index contributed by atoms with van der Waals surface area (Å²) in [5.74, 6) is -1.06. The number of aromatic nitrogens is 2. The number of hydrogen-bond acceptors (Lipinski definition) is 2. The van der Waals surface area contributed by atoms with Gasteiger partial charge in [0.25, 0.3) is 0 Å². The molecule has 0 saturated carbocycles. The van der Waals surface area contributed by atoms with Gasteiger partial charge in [0, 0.05) is 19.0 Å². The lowest BCUT2D eigenvalue weighted by atomic mass is 10.1. The molecule has 0 unspecified atom stereocenters. The van der Waals surface area contributed by atoms with E-state index in [0.717, 1.165) is 11.1 Å². The fourth-order valence-electron chi connectivity index (χ4n) is 1.84. The van der Waals surface area contributed by atoms with E-state index in [9.17, 15) is 9.18 Å². The maximum atomic E-state index is 12.3. The van der Waals surface area contributed by atoms with Crippen LogP contribution in [0.25, 0.3) is 11.3 Å². The third-order valence-corrected chi connectivity index (χ3v) is 2.70. The van der Waals surface area contributed by atoms with E-state index >= 15 is 0 Å². The topological polar surface area (TPSA) is 55.1 Å². The number of alkyl halides is 1. The van der Waals surface area contributed by atoms with Gasteiger partial charge in [0.1, 0.15) is 0 Å². The first-order valence-corrected chi connectivity index (χ1v) is 5.54. The Hall–Kier alpha value is -2.17. The Morgan fingerprint density at radius 2 is 2.22 bits per heavy atom. The van der Waals surface area contributed by atoms with E-state index in [1.54, 1.807) is 7.05 Å². The second-order valence-corrected chi connectivity index (χ2v) is 3.98. The third kappa shape index (κ3) is 2.40. The smallest absolute Gasteiger partial charge is 0.356 e. The number of halogens is 1. The molecule has 0 aliphatic carbocycles. The van der Waals surface area contributed by atoms with Crippen LogP contribution in [0, 0.1) is 0 Å². The number of carbonyl (C=O) groups is 1. The van der Waals surface area contributed by atoms with Gasteiger partial charge < -0.3 is 5.11 Å². The van der Waals surface area contributed by atoms with Crippen LogP contribution in [0.1, 0.15) is 16.1 Å². The minimum absolute atomic E-state index is 0.00314. The quantitative estimate of drug-likeness (QED) is 0.903. The molecule has 0 radical (unpaired) electrons. The zero-order valence-electron chi connectivity index (χ0n) is 9.93. The van der Waals surface area contributed by atoms with Crippen molar-refractivity contribution in [3.63, 3.8) is 0 Å². The molecule has 0 aliphatic heterocycles. The van der Waals surface area contributed by atoms with Gasteiger partial charge in [0.2, 0.25) is 0 Å². The minimum atomic E-state index is -1.06. The van der Waals surface area contributed by atoms with Gasteiger partial charge in [-0.3, -0.25) is 9.07 Å². The highest BCUT2D eigenvalue weighted by Gasteiger charge is 2.12. The highest BCUT2D eigenvalue weighted by molar-refractivity contribution is 5.87. The van der Waals surface area contributed by atoms with Gasteiger partial charge in [0.05, 0.1) is 12.4 Å². The molecule has 0 bridgehead atoms. The number of aryl methyl sites for hydroxylation is 2. The van der Waals surface area contributed by atoms with Crippen molar-refractivity contribution in [3.05, 3.63) is 41.6 Å². The van der Waals surface area contributed by atoms with Crippen LogP contribution in [0.3, 0.4) is 0 Å². The van der Waals surface area contributed by atoms with Crippen LogP contribution in [0.2, 0.25) is 0 Å². The Balaban J connectivity index is 2.41. The van der Waals surface area contributed by atoms with Gasteiger partial charge in [-0.1, -0.05) is 18.2 Å². The molecular formula is C13H13FN2O2. The number of hydrogen-bond donors (Lipinski definition) is 1. The molecule has 1 heterocycles. The highest BCUT2D eigenvalue weighted by Crippen LogP contribution is 2.21. The molecule has 0 atom stereocenters. The number of aromatic carboxylic acids is 1. The van der Waals surface area contributed by atoms with Crippen molar-refractivity contribution < 1.29 is 14.3 Å². The Kier molecular flexibility index (Phi) is 3.41. The van der Waals surface area contributed by atoms with Crippen LogP contribution in [-0.2, 0) is 13.5 Å². The van der Waals surface area contributed by atoms with Crippen molar-refractivity contribution >= 4 is 5.97 Å². The molecule has 0 aliphatic rings. The highest BCUT2D eigenvalue weighted by atomic mass is 19.1. The summed E-state index contributed by atoms with van der Waals surface area (Å²) in [5.41, 5.74) is 2.42. The lowest BCUT2D eigenvalue weighted by Crippen LogP contribution is -1.99. The molecular weight excluding hydrogens is 235 g/mol. The van der Waals surface area contributed by atoms with Crippen molar-refractivity contribution in [1.82, 2.24) is 9.78 Å². The van der Waals surface area contributed by atoms with Gasteiger partial charge in [-0.05, 0) is 17.7 Å². The Bertz CT molecular complexity index is 578. The largest absolute Gasteiger partial charge is 0.476 e. The Labute approximate surface area is 104 Å². The van der Waals surface area contributed by atoms with Crippen molar-refractivity contribution in [2.75, 3.05) is 6.67 Å². The van der Waals surface area contributed by atoms with Crippen molar-refractivity contribution in [3.8, 4) is 11.3 Å². The molecule has 1 N–H and O–H groups in total. The zero-order valence-corrected chi connectivity index (χ0v) is 9.93. The molecule has 94 valence electrons. The first-order valence-electron chi connectivity index (χ1n) is 5.54. The van der Waals surface area contributed by atoms with Crippen LogP contribution in [-0.4, -0.2) is 27.5 Å². The predicted octanol–water partition coefficient (Wildman–Crippen LogP) is 2.30. The van der Waals surface area contributed by atoms with Gasteiger partial charge >= 0.3 is 5.97 Å². The lowest BCUT2D eigenvalue weighted by Gasteiger charge is -2.04. The minimum Gasteiger partial charge on any atom is -0.476 e. The second-order valence-electron chi connectivity index (χ2n) is 3.98. The average Bonchev–Trinajstić information content (AvgIpc) is 2.72. The van der Waals surface area contributed by atoms with Gasteiger partial charge in [-0.15, -0.1) is 0 Å². The maximum Gasteiger partial charge on any atom is 0.356 e. The summed E-state index contributed by atoms with van der Waals surface area (Å²) in [4.78, 5) is 10.8. The number of carboxylic acids is 1. The van der Waals surface area contributed by atoms with Crippen molar-refractivity contribution in [2.45, 2.75) is 6.42 Å². The molecule has 0 saturated heterocycles. The fourth-order valence-corrected chi connectivity index (χ4v) is 1.84. The number of benzene rings is 1. The zero-order chi connectivity index (χ0) is 13.1. The predicted molar refractivity (Wildman–Crippen MR) is 65.3 cm³/mol. The summed E-state index contributed by atoms with van der Waals surface area (Å²) in [7, 11) is 1.68. The molecule has 2 aromatic rings. The van der Waals surface area contributed by atoms with E-state index in [2.05, 4.69) is 5.10 Å². The summed E-state index contributed by atoms with van der Waals surface area (Å²) < 4.78 is 13.8. The first-order chi connectivity index (χ1) is 8.61. The monoisotopic (exact) mass is 248 g/mol. The van der Waals surface area contributed by atoms with Gasteiger partial charge in [-0.25, -0.2) is 4.79 Å². The molecule has 2 rings (SSSR count). The normalized spacial score (nSPS) is 10.6. The molecule has 0 amide bonds. The second kappa shape index (κ2) is 5.00. The van der Waals surface area contributed by atoms with E-state index in [1.165, 1.54) is 10.7 Å². The number of rotatable bonds is 4. The third-order valence-electron chi connectivity index (χ3n) is 2.70. The molecule has 1 aromatic carbocycles. The van der Waals surface area contributed by atoms with E-state index in [-0.39, 0.29) is 5.69 Å². The van der Waals surface area contributed by atoms with Gasteiger partial charge in [0.15, 0.2) is 5.69 Å². The maximum absolute atomic E-state index is 12.3. The molecule has 4 nitrogen and oxygen atoms in total. The summed E-state index contributed by atoms with van der Waals surface area (Å²) >= 11 is 0. The summed E-state index contributed by atoms with van der Waals surface area (Å²) in [6.07, 6.45) is 0.359. The summed E-state index contributed by atoms with van der Waals surface area (Å²) in [5, 5.41) is 12.8. The van der Waals surface area contributed by atoms with Crippen LogP contribution >= 0.6 is 0 Å². The molecule has 18 heavy (non-hydrogen) atoms. The molecule has 5 heteroatoms. The van der Waals surface area contributed by atoms with Crippen LogP contribution in [0.4, 0.5) is 4.39 Å². The average molecular weight is 248 g/mol. The van der Waals surface area contributed by atoms with Crippen LogP contribution in [0.15, 0.2) is 30.3 Å². The van der Waals surface area contributed by atoms with E-state index in [1.807, 2.05) is 24.3 Å². The van der Waals surface area contributed by atoms with Crippen molar-refractivity contribution in [1.29, 1.82) is 0 Å². The Morgan fingerprint density at radius 3 is 2.83 bits per heavy atom. The first kappa shape index (κ1) is 12.3. The lowest BCUT2D eigenvalue weighted by molar-refractivity contribution is 0.0689. The molecule has 1 aromatic heterocycles. The fraction of sp³-hybridized carbons (Fsp3) is 0.231. The SMILES string of the molecule is Cn1nc(C(=O)O)cc1-c1cccc(CCF)c1. The summed E-state index contributed by atoms with van der Waals surface area (Å²) in [6, 6.07) is 8.88. The summed E-state index contributed by atoms with van der Waals surface area (Å²) in [6.45, 7) is -0.408. The number of nitrogens with zero attached hydrogens (tertiary/aromatic N) is 2. The van der Waals surface area contributed by atoms with E-state index < -0.39 is 12.6 Å². The standard InChI is InChI=1S/C13H13FN2O2/c1-16-12(8-11(15-16)13(17)18)10-4-2-3-9(7-10)5-6-14/h2-4,7-8H,5-6H2,1H3,(H,17,18). The van der Waals surface area contributed by atoms with Crippen LogP contribution < -0.4 is 0 Å². The van der Waals surface area contributed by atoms with Gasteiger partial charge in [-0.2, -0.15) is 5.10 Å². The van der Waals surface area contributed by atoms with Crippen molar-refractivity contribution in [2.24, 2.45) is 7.05 Å². The van der Waals surface area contributed by atoms with E-state index in [4.69, 9.17) is 5.11 Å². The number of carboxylic acid groups (broad SMARTS) is 1. The van der Waals surface area contributed by atoms with Crippen LogP contribution in [0.5, 0.6) is 0 Å². The van der Waals surface area contributed by atoms with E-state index in [0.29, 0.717) is 12.1 Å². The molecule has 0 spiro atoms. The Morgan fingerprint density at radius 1 is 1.44 bits per heavy atom.